The van der Waals surface area contributed by atoms with Crippen LogP contribution in [0.2, 0.25) is 5.02 Å². The van der Waals surface area contributed by atoms with Gasteiger partial charge in [0, 0.05) is 42.0 Å². The molecule has 0 bridgehead atoms. The summed E-state index contributed by atoms with van der Waals surface area (Å²) in [5.41, 5.74) is 2.82. The van der Waals surface area contributed by atoms with Crippen LogP contribution < -0.4 is 10.8 Å². The highest BCUT2D eigenvalue weighted by molar-refractivity contribution is 7.89. The van der Waals surface area contributed by atoms with Crippen LogP contribution in [0.5, 0.6) is 0 Å². The Balaban J connectivity index is 1.39. The summed E-state index contributed by atoms with van der Waals surface area (Å²) >= 11 is 6.40. The molecule has 4 heterocycles. The minimum absolute atomic E-state index is 0.0336. The second-order valence-corrected chi connectivity index (χ2v) is 10.6. The Kier molecular flexibility index (Phi) is 5.87. The van der Waals surface area contributed by atoms with Gasteiger partial charge >= 0.3 is 0 Å². The van der Waals surface area contributed by atoms with Crippen LogP contribution in [0.25, 0.3) is 16.9 Å². The maximum absolute atomic E-state index is 13.1. The normalized spacial score (nSPS) is 15.7. The number of sulfonamides is 1. The molecule has 1 N–H and O–H groups in total. The van der Waals surface area contributed by atoms with E-state index < -0.39 is 10.0 Å². The van der Waals surface area contributed by atoms with Crippen LogP contribution in [0.3, 0.4) is 0 Å². The fraction of sp³-hybridized carbons (Fsp3) is 0.318. The van der Waals surface area contributed by atoms with E-state index in [2.05, 4.69) is 20.6 Å². The van der Waals surface area contributed by atoms with Gasteiger partial charge in [0.15, 0.2) is 11.4 Å². The molecular weight excluding hydrogens is 475 g/mol. The van der Waals surface area contributed by atoms with Crippen LogP contribution in [0.4, 0.5) is 5.82 Å². The number of fused-ring (bicyclic) bond motifs is 1. The fourth-order valence-corrected chi connectivity index (χ4v) is 6.30. The van der Waals surface area contributed by atoms with Crippen molar-refractivity contribution in [2.75, 3.05) is 18.4 Å². The lowest BCUT2D eigenvalue weighted by atomic mass is 10.0. The lowest BCUT2D eigenvalue weighted by Gasteiger charge is -2.32. The van der Waals surface area contributed by atoms with Gasteiger partial charge in [-0.25, -0.2) is 13.4 Å². The van der Waals surface area contributed by atoms with Gasteiger partial charge in [0.2, 0.25) is 10.0 Å². The number of benzene rings is 1. The SMILES string of the molecule is [B]c1cnn2c(NC3CCN(S(=O)(=O)c4c(C)noc4C)CC3)cc(-c3ccccc3Cl)nc12. The highest BCUT2D eigenvalue weighted by atomic mass is 35.5. The third-order valence-corrected chi connectivity index (χ3v) is 8.49. The quantitative estimate of drug-likeness (QED) is 0.423. The van der Waals surface area contributed by atoms with Gasteiger partial charge in [-0.05, 0) is 38.2 Å². The number of rotatable bonds is 5. The Morgan fingerprint density at radius 1 is 1.21 bits per heavy atom. The highest BCUT2D eigenvalue weighted by Crippen LogP contribution is 2.30. The standard InChI is InChI=1S/C22H22BClN6O3S/c1-13-21(14(2)33-28-13)34(31,32)29-9-7-15(8-10-29)26-20-11-19(16-5-3-4-6-18(16)24)27-22-17(23)12-25-30(20)22/h3-6,11-12,15,26H,7-10H2,1-2H3. The second kappa shape index (κ2) is 8.72. The number of aryl methyl sites for hydroxylation is 2. The molecule has 0 unspecified atom stereocenters. The summed E-state index contributed by atoms with van der Waals surface area (Å²) < 4.78 is 34.5. The van der Waals surface area contributed by atoms with E-state index in [9.17, 15) is 8.42 Å². The molecule has 4 aromatic rings. The van der Waals surface area contributed by atoms with Crippen molar-refractivity contribution in [1.82, 2.24) is 24.1 Å². The molecule has 5 rings (SSSR count). The monoisotopic (exact) mass is 496 g/mol. The van der Waals surface area contributed by atoms with Gasteiger partial charge in [0.25, 0.3) is 0 Å². The largest absolute Gasteiger partial charge is 0.367 e. The molecule has 12 heteroatoms. The Morgan fingerprint density at radius 3 is 2.62 bits per heavy atom. The van der Waals surface area contributed by atoms with Gasteiger partial charge in [-0.2, -0.15) is 13.9 Å². The zero-order chi connectivity index (χ0) is 24.0. The van der Waals surface area contributed by atoms with Gasteiger partial charge < -0.3 is 9.84 Å². The molecule has 1 saturated heterocycles. The molecular formula is C22H22BClN6O3S. The topological polar surface area (TPSA) is 106 Å². The van der Waals surface area contributed by atoms with Crippen molar-refractivity contribution in [3.63, 3.8) is 0 Å². The van der Waals surface area contributed by atoms with Crippen molar-refractivity contribution >= 4 is 46.4 Å². The van der Waals surface area contributed by atoms with Gasteiger partial charge in [-0.3, -0.25) is 0 Å². The Morgan fingerprint density at radius 2 is 1.94 bits per heavy atom. The molecule has 0 saturated carbocycles. The van der Waals surface area contributed by atoms with Crippen molar-refractivity contribution in [3.8, 4) is 11.3 Å². The van der Waals surface area contributed by atoms with Gasteiger partial charge in [0.1, 0.15) is 24.3 Å². The van der Waals surface area contributed by atoms with Crippen LogP contribution in [-0.2, 0) is 10.0 Å². The van der Waals surface area contributed by atoms with Crippen molar-refractivity contribution in [1.29, 1.82) is 0 Å². The highest BCUT2D eigenvalue weighted by Gasteiger charge is 2.34. The molecule has 0 aliphatic carbocycles. The smallest absolute Gasteiger partial charge is 0.248 e. The molecule has 1 aromatic carbocycles. The fourth-order valence-electron chi connectivity index (χ4n) is 4.31. The summed E-state index contributed by atoms with van der Waals surface area (Å²) in [4.78, 5) is 4.82. The molecule has 1 fully saturated rings. The number of hydrogen-bond acceptors (Lipinski definition) is 7. The van der Waals surface area contributed by atoms with E-state index in [1.165, 1.54) is 4.31 Å². The zero-order valence-electron chi connectivity index (χ0n) is 18.7. The van der Waals surface area contributed by atoms with E-state index in [0.29, 0.717) is 65.0 Å². The third kappa shape index (κ3) is 3.97. The van der Waals surface area contributed by atoms with Crippen molar-refractivity contribution in [3.05, 3.63) is 53.0 Å². The van der Waals surface area contributed by atoms with E-state index >= 15 is 0 Å². The van der Waals surface area contributed by atoms with Crippen LogP contribution in [-0.4, -0.2) is 59.5 Å². The minimum atomic E-state index is -3.66. The van der Waals surface area contributed by atoms with Gasteiger partial charge in [0.05, 0.1) is 5.69 Å². The maximum atomic E-state index is 13.1. The number of aromatic nitrogens is 4. The van der Waals surface area contributed by atoms with E-state index in [0.717, 1.165) is 5.56 Å². The molecule has 0 spiro atoms. The van der Waals surface area contributed by atoms with E-state index in [1.54, 1.807) is 24.6 Å². The molecule has 174 valence electrons. The van der Waals surface area contributed by atoms with E-state index in [4.69, 9.17) is 24.0 Å². The first kappa shape index (κ1) is 22.9. The number of nitrogens with one attached hydrogen (secondary N) is 1. The molecule has 0 amide bonds. The first-order valence-electron chi connectivity index (χ1n) is 10.8. The van der Waals surface area contributed by atoms with Crippen LogP contribution in [0, 0.1) is 13.8 Å². The Hall–Kier alpha value is -2.89. The molecule has 1 aliphatic heterocycles. The Bertz CT molecular complexity index is 1460. The zero-order valence-corrected chi connectivity index (χ0v) is 20.3. The van der Waals surface area contributed by atoms with Crippen molar-refractivity contribution < 1.29 is 12.9 Å². The number of piperidine rings is 1. The summed E-state index contributed by atoms with van der Waals surface area (Å²) in [6, 6.07) is 9.38. The predicted octanol–water partition coefficient (Wildman–Crippen LogP) is 2.71. The van der Waals surface area contributed by atoms with E-state index in [1.807, 2.05) is 30.3 Å². The summed E-state index contributed by atoms with van der Waals surface area (Å²) in [6.07, 6.45) is 2.79. The number of halogens is 1. The summed E-state index contributed by atoms with van der Waals surface area (Å²) in [6.45, 7) is 3.99. The summed E-state index contributed by atoms with van der Waals surface area (Å²) in [5, 5.41) is 12.2. The van der Waals surface area contributed by atoms with Crippen LogP contribution in [0.1, 0.15) is 24.3 Å². The van der Waals surface area contributed by atoms with E-state index in [-0.39, 0.29) is 10.9 Å². The van der Waals surface area contributed by atoms with Crippen molar-refractivity contribution in [2.24, 2.45) is 0 Å². The lowest BCUT2D eigenvalue weighted by Crippen LogP contribution is -2.42. The molecule has 9 nitrogen and oxygen atoms in total. The number of nitrogens with zero attached hydrogens (tertiary/aromatic N) is 5. The van der Waals surface area contributed by atoms with Crippen LogP contribution >= 0.6 is 11.6 Å². The van der Waals surface area contributed by atoms with Crippen molar-refractivity contribution in [2.45, 2.75) is 37.6 Å². The average Bonchev–Trinajstić information content (AvgIpc) is 3.36. The minimum Gasteiger partial charge on any atom is -0.367 e. The first-order valence-corrected chi connectivity index (χ1v) is 12.7. The number of anilines is 1. The molecule has 0 atom stereocenters. The number of hydrogen-bond donors (Lipinski definition) is 1. The Labute approximate surface area is 203 Å². The third-order valence-electron chi connectivity index (χ3n) is 6.02. The van der Waals surface area contributed by atoms with Gasteiger partial charge in [-0.1, -0.05) is 35.0 Å². The van der Waals surface area contributed by atoms with Crippen LogP contribution in [0.15, 0.2) is 45.9 Å². The first-order chi connectivity index (χ1) is 16.3. The summed E-state index contributed by atoms with van der Waals surface area (Å²) in [7, 11) is 2.44. The predicted molar refractivity (Wildman–Crippen MR) is 130 cm³/mol. The molecule has 2 radical (unpaired) electrons. The maximum Gasteiger partial charge on any atom is 0.248 e. The molecule has 34 heavy (non-hydrogen) atoms. The lowest BCUT2D eigenvalue weighted by molar-refractivity contribution is 0.328. The summed E-state index contributed by atoms with van der Waals surface area (Å²) in [5.74, 6) is 1.02. The second-order valence-electron chi connectivity index (χ2n) is 8.32. The van der Waals surface area contributed by atoms with Gasteiger partial charge in [-0.15, -0.1) is 0 Å². The molecule has 1 aliphatic rings. The average molecular weight is 497 g/mol. The molecule has 3 aromatic heterocycles.